The van der Waals surface area contributed by atoms with Crippen molar-refractivity contribution < 1.29 is 0 Å². The fourth-order valence-electron chi connectivity index (χ4n) is 15.1. The molecule has 382 valence electrons. The van der Waals surface area contributed by atoms with Crippen LogP contribution in [0, 0.1) is 0 Å². The minimum atomic E-state index is -0.167. The van der Waals surface area contributed by atoms with Crippen LogP contribution in [0.5, 0.6) is 0 Å². The summed E-state index contributed by atoms with van der Waals surface area (Å²) in [6.45, 7) is 19.2. The van der Waals surface area contributed by atoms with Crippen LogP contribution in [0.15, 0.2) is 231 Å². The summed E-state index contributed by atoms with van der Waals surface area (Å²) in [6.07, 6.45) is 0. The van der Waals surface area contributed by atoms with E-state index in [0.29, 0.717) is 0 Å². The predicted octanol–water partition coefficient (Wildman–Crippen LogP) is 21.6. The summed E-state index contributed by atoms with van der Waals surface area (Å²) in [5.41, 5.74) is 34.2. The summed E-state index contributed by atoms with van der Waals surface area (Å²) < 4.78 is 0. The summed E-state index contributed by atoms with van der Waals surface area (Å²) in [5.74, 6) is 0. The molecule has 0 heterocycles. The SMILES string of the molecule is CC1(C)c2ccccc2-c2ccc(-c3ccc4c(c3)C(C)(C)c3cc(-c5ccc6c(c5)C(C)(C)c5cc(-c7ccc8c(c7)C(C)(C)c7cc(-c9ccc%10cc(-c%11ccc%12ccccc%12c%11)ccc%10c9)ccc7-8)ccc5-6)ccc3-4)cc21. The Morgan fingerprint density at radius 1 is 0.163 bits per heavy atom. The van der Waals surface area contributed by atoms with Crippen molar-refractivity contribution in [2.45, 2.75) is 77.0 Å². The Morgan fingerprint density at radius 3 is 0.675 bits per heavy atom. The topological polar surface area (TPSA) is 0 Å². The Labute approximate surface area is 471 Å². The molecule has 0 fully saturated rings. The third kappa shape index (κ3) is 6.69. The molecule has 12 aromatic rings. The van der Waals surface area contributed by atoms with Gasteiger partial charge < -0.3 is 0 Å². The molecule has 4 aliphatic rings. The van der Waals surface area contributed by atoms with Gasteiger partial charge in [0, 0.05) is 21.7 Å². The molecule has 80 heavy (non-hydrogen) atoms. The van der Waals surface area contributed by atoms with Crippen molar-refractivity contribution in [1.82, 2.24) is 0 Å². The Balaban J connectivity index is 0.662. The molecule has 0 unspecified atom stereocenters. The molecular formula is C80H62. The maximum atomic E-state index is 2.49. The summed E-state index contributed by atoms with van der Waals surface area (Å²) in [7, 11) is 0. The molecule has 0 amide bonds. The lowest BCUT2D eigenvalue weighted by Crippen LogP contribution is -2.16. The number of benzene rings is 12. The smallest absolute Gasteiger partial charge is 0.0159 e. The van der Waals surface area contributed by atoms with E-state index in [9.17, 15) is 0 Å². The molecule has 0 bridgehead atoms. The van der Waals surface area contributed by atoms with E-state index in [2.05, 4.69) is 286 Å². The number of rotatable bonds is 5. The molecule has 0 nitrogen and oxygen atoms in total. The van der Waals surface area contributed by atoms with Crippen LogP contribution >= 0.6 is 0 Å². The zero-order valence-electron chi connectivity index (χ0n) is 46.9. The fraction of sp³-hybridized carbons (Fsp3) is 0.150. The maximum Gasteiger partial charge on any atom is 0.0159 e. The lowest BCUT2D eigenvalue weighted by molar-refractivity contribution is 0.659. The van der Waals surface area contributed by atoms with Gasteiger partial charge in [-0.3, -0.25) is 0 Å². The van der Waals surface area contributed by atoms with Gasteiger partial charge >= 0.3 is 0 Å². The van der Waals surface area contributed by atoms with E-state index in [0.717, 1.165) is 0 Å². The number of hydrogen-bond donors (Lipinski definition) is 0. The second-order valence-electron chi connectivity index (χ2n) is 25.7. The summed E-state index contributed by atoms with van der Waals surface area (Å²) >= 11 is 0. The quantitative estimate of drug-likeness (QED) is 0.161. The molecule has 0 saturated heterocycles. The summed E-state index contributed by atoms with van der Waals surface area (Å²) in [5, 5.41) is 5.06. The second-order valence-corrected chi connectivity index (χ2v) is 25.7. The first-order valence-electron chi connectivity index (χ1n) is 28.8. The molecule has 12 aromatic carbocycles. The van der Waals surface area contributed by atoms with E-state index < -0.39 is 0 Å². The van der Waals surface area contributed by atoms with Crippen LogP contribution in [0.1, 0.15) is 99.9 Å². The molecule has 0 radical (unpaired) electrons. The Kier molecular flexibility index (Phi) is 9.66. The van der Waals surface area contributed by atoms with Crippen molar-refractivity contribution in [2.75, 3.05) is 0 Å². The zero-order valence-corrected chi connectivity index (χ0v) is 46.9. The molecule has 0 N–H and O–H groups in total. The highest BCUT2D eigenvalue weighted by Crippen LogP contribution is 2.56. The molecule has 0 saturated carbocycles. The van der Waals surface area contributed by atoms with E-state index in [4.69, 9.17) is 0 Å². The number of hydrogen-bond acceptors (Lipinski definition) is 0. The fourth-order valence-corrected chi connectivity index (χ4v) is 15.1. The predicted molar refractivity (Wildman–Crippen MR) is 339 cm³/mol. The minimum absolute atomic E-state index is 0.0292. The van der Waals surface area contributed by atoms with E-state index in [1.54, 1.807) is 0 Å². The average molecular weight is 1020 g/mol. The lowest BCUT2D eigenvalue weighted by atomic mass is 9.79. The van der Waals surface area contributed by atoms with Gasteiger partial charge in [-0.05, 0) is 227 Å². The van der Waals surface area contributed by atoms with E-state index in [1.807, 2.05) is 0 Å². The van der Waals surface area contributed by atoms with Crippen molar-refractivity contribution >= 4 is 21.5 Å². The molecule has 0 atom stereocenters. The molecule has 0 heteroatoms. The first kappa shape index (κ1) is 47.2. The van der Waals surface area contributed by atoms with Gasteiger partial charge in [0.15, 0.2) is 0 Å². The van der Waals surface area contributed by atoms with Gasteiger partial charge in [0.1, 0.15) is 0 Å². The Hall–Kier alpha value is -8.84. The Bertz CT molecular complexity index is 4700. The third-order valence-corrected chi connectivity index (χ3v) is 19.9. The van der Waals surface area contributed by atoms with Gasteiger partial charge in [-0.25, -0.2) is 0 Å². The van der Waals surface area contributed by atoms with E-state index >= 15 is 0 Å². The molecule has 0 aliphatic heterocycles. The Morgan fingerprint density at radius 2 is 0.362 bits per heavy atom. The van der Waals surface area contributed by atoms with Crippen molar-refractivity contribution in [1.29, 1.82) is 0 Å². The summed E-state index contributed by atoms with van der Waals surface area (Å²) in [4.78, 5) is 0. The molecule has 0 spiro atoms. The van der Waals surface area contributed by atoms with Gasteiger partial charge in [-0.1, -0.05) is 225 Å². The van der Waals surface area contributed by atoms with Crippen molar-refractivity contribution in [3.8, 4) is 100 Å². The lowest BCUT2D eigenvalue weighted by Gasteiger charge is -2.24. The van der Waals surface area contributed by atoms with Crippen LogP contribution in [0.25, 0.3) is 122 Å². The zero-order chi connectivity index (χ0) is 54.2. The molecular weight excluding hydrogens is 961 g/mol. The van der Waals surface area contributed by atoms with Crippen LogP contribution in [-0.4, -0.2) is 0 Å². The second kappa shape index (κ2) is 16.4. The third-order valence-electron chi connectivity index (χ3n) is 19.9. The molecule has 16 rings (SSSR count). The van der Waals surface area contributed by atoms with Crippen LogP contribution in [-0.2, 0) is 21.7 Å². The van der Waals surface area contributed by atoms with Crippen LogP contribution < -0.4 is 0 Å². The average Bonchev–Trinajstić information content (AvgIpc) is 4.03. The first-order chi connectivity index (χ1) is 38.6. The highest BCUT2D eigenvalue weighted by molar-refractivity contribution is 5.95. The van der Waals surface area contributed by atoms with Crippen molar-refractivity contribution in [2.24, 2.45) is 0 Å². The van der Waals surface area contributed by atoms with Crippen LogP contribution in [0.4, 0.5) is 0 Å². The van der Waals surface area contributed by atoms with E-state index in [1.165, 1.54) is 166 Å². The normalized spacial score (nSPS) is 15.7. The van der Waals surface area contributed by atoms with Gasteiger partial charge in [-0.15, -0.1) is 0 Å². The first-order valence-corrected chi connectivity index (χ1v) is 28.8. The van der Waals surface area contributed by atoms with Gasteiger partial charge in [0.2, 0.25) is 0 Å². The number of fused-ring (bicyclic) bond motifs is 14. The van der Waals surface area contributed by atoms with Crippen LogP contribution in [0.3, 0.4) is 0 Å². The standard InChI is InChI=1S/C80H62/c1-77(2)69-16-12-11-15-61(69)62-30-24-55(41-70(62)77)56-25-32-65-66-34-28-59(45-74(66)79(5,6)73(65)42-56)60-29-36-68-67-35-27-58(44-75(67)80(7,8)76(68)46-60)57-26-33-64-63-31-23-54(40-71(63)78(3,4)72(64)43-57)53-22-21-51-38-50(19-20-52(51)39-53)49-18-17-47-13-9-10-14-48(47)37-49/h9-46H,1-8H3. The monoisotopic (exact) mass is 1020 g/mol. The highest BCUT2D eigenvalue weighted by Gasteiger charge is 2.40. The van der Waals surface area contributed by atoms with Gasteiger partial charge in [-0.2, -0.15) is 0 Å². The van der Waals surface area contributed by atoms with Crippen LogP contribution in [0.2, 0.25) is 0 Å². The van der Waals surface area contributed by atoms with Gasteiger partial charge in [0.25, 0.3) is 0 Å². The highest BCUT2D eigenvalue weighted by atomic mass is 14.4. The van der Waals surface area contributed by atoms with Gasteiger partial charge in [0.05, 0.1) is 0 Å². The minimum Gasteiger partial charge on any atom is -0.0619 e. The molecule has 4 aliphatic carbocycles. The van der Waals surface area contributed by atoms with E-state index in [-0.39, 0.29) is 21.7 Å². The molecule has 0 aromatic heterocycles. The van der Waals surface area contributed by atoms with Crippen molar-refractivity contribution in [3.05, 3.63) is 275 Å². The van der Waals surface area contributed by atoms with Crippen molar-refractivity contribution in [3.63, 3.8) is 0 Å². The summed E-state index contributed by atoms with van der Waals surface area (Å²) in [6, 6.07) is 88.5. The largest absolute Gasteiger partial charge is 0.0619 e. The maximum absolute atomic E-state index is 2.49.